The third-order valence-corrected chi connectivity index (χ3v) is 4.27. The maximum absolute atomic E-state index is 12.5. The van der Waals surface area contributed by atoms with Gasteiger partial charge in [-0.3, -0.25) is 19.2 Å². The molecule has 12 heteroatoms. The molecule has 0 saturated carbocycles. The predicted molar refractivity (Wildman–Crippen MR) is 100 cm³/mol. The number of rotatable bonds is 13. The number of epoxide rings is 1. The van der Waals surface area contributed by atoms with E-state index in [0.717, 1.165) is 0 Å². The number of primary amides is 1. The summed E-state index contributed by atoms with van der Waals surface area (Å²) in [6.45, 7) is 3.25. The normalized spacial score (nSPS) is 20.7. The minimum absolute atomic E-state index is 0.194. The molecule has 4 amide bonds. The Morgan fingerprint density at radius 1 is 0.966 bits per heavy atom. The maximum Gasteiger partial charge on any atom is 0.326 e. The summed E-state index contributed by atoms with van der Waals surface area (Å²) in [5.74, 6) is -4.08. The SMILES string of the molecule is CCC[C@H](NC(=O)[C@H](CNC(=O)C1OC1C(N)=O)NC(=O)[C@@H](N)CCC)C(=O)O. The number of ether oxygens (including phenoxy) is 1. The molecule has 1 rings (SSSR count). The average molecular weight is 415 g/mol. The van der Waals surface area contributed by atoms with Crippen molar-refractivity contribution in [3.05, 3.63) is 0 Å². The van der Waals surface area contributed by atoms with Crippen LogP contribution in [0.2, 0.25) is 0 Å². The van der Waals surface area contributed by atoms with Crippen molar-refractivity contribution in [2.24, 2.45) is 11.5 Å². The number of carboxylic acids is 1. The first-order valence-corrected chi connectivity index (χ1v) is 9.43. The van der Waals surface area contributed by atoms with Crippen molar-refractivity contribution >= 4 is 29.6 Å². The van der Waals surface area contributed by atoms with Crippen LogP contribution in [0, 0.1) is 0 Å². The van der Waals surface area contributed by atoms with E-state index in [-0.39, 0.29) is 13.0 Å². The Bertz CT molecular complexity index is 642. The Kier molecular flexibility index (Phi) is 9.48. The molecule has 29 heavy (non-hydrogen) atoms. The van der Waals surface area contributed by atoms with E-state index in [1.807, 2.05) is 6.92 Å². The predicted octanol–water partition coefficient (Wildman–Crippen LogP) is -2.66. The molecule has 1 aliphatic rings. The van der Waals surface area contributed by atoms with Gasteiger partial charge in [0.05, 0.1) is 6.04 Å². The van der Waals surface area contributed by atoms with Crippen molar-refractivity contribution in [3.8, 4) is 0 Å². The minimum atomic E-state index is -1.26. The highest BCUT2D eigenvalue weighted by molar-refractivity contribution is 5.95. The average Bonchev–Trinajstić information content (AvgIpc) is 3.45. The Balaban J connectivity index is 2.77. The molecule has 1 aliphatic heterocycles. The number of hydrogen-bond donors (Lipinski definition) is 6. The van der Waals surface area contributed by atoms with Crippen molar-refractivity contribution in [2.75, 3.05) is 6.54 Å². The number of aliphatic carboxylic acids is 1. The van der Waals surface area contributed by atoms with E-state index >= 15 is 0 Å². The fourth-order valence-electron chi connectivity index (χ4n) is 2.58. The molecule has 0 aliphatic carbocycles. The maximum atomic E-state index is 12.5. The number of amides is 4. The highest BCUT2D eigenvalue weighted by Gasteiger charge is 2.49. The number of nitrogens with one attached hydrogen (secondary N) is 3. The second kappa shape index (κ2) is 11.3. The third kappa shape index (κ3) is 7.66. The number of carbonyl (C=O) groups is 5. The standard InChI is InChI=1S/C17H29N5O7/c1-3-5-8(18)14(24)22-10(15(25)21-9(6-4-2)17(27)28)7-20-16(26)12-11(29-12)13(19)23/h8-12H,3-7,18H2,1-2H3,(H2,19,23)(H,20,26)(H,21,25)(H,22,24)(H,27,28)/t8-,9-,10-,11?,12?/m0/s1. The van der Waals surface area contributed by atoms with Gasteiger partial charge in [-0.05, 0) is 12.8 Å². The summed E-state index contributed by atoms with van der Waals surface area (Å²) in [5.41, 5.74) is 10.8. The van der Waals surface area contributed by atoms with Gasteiger partial charge in [-0.15, -0.1) is 0 Å². The summed E-state index contributed by atoms with van der Waals surface area (Å²) in [5, 5.41) is 16.3. The van der Waals surface area contributed by atoms with Crippen LogP contribution in [-0.4, -0.2) is 71.6 Å². The molecule has 1 saturated heterocycles. The van der Waals surface area contributed by atoms with E-state index in [9.17, 15) is 29.1 Å². The lowest BCUT2D eigenvalue weighted by Gasteiger charge is -2.23. The Labute approximate surface area is 168 Å². The first kappa shape index (κ1) is 24.3. The van der Waals surface area contributed by atoms with Crippen LogP contribution in [0.3, 0.4) is 0 Å². The Morgan fingerprint density at radius 3 is 2.03 bits per heavy atom. The van der Waals surface area contributed by atoms with Crippen molar-refractivity contribution < 1.29 is 33.8 Å². The molecule has 0 aromatic carbocycles. The molecular formula is C17H29N5O7. The van der Waals surface area contributed by atoms with Crippen molar-refractivity contribution in [1.82, 2.24) is 16.0 Å². The quantitative estimate of drug-likeness (QED) is 0.174. The van der Waals surface area contributed by atoms with Crippen LogP contribution in [0.15, 0.2) is 0 Å². The first-order chi connectivity index (χ1) is 13.6. The number of nitrogens with two attached hydrogens (primary N) is 2. The largest absolute Gasteiger partial charge is 0.480 e. The molecule has 12 nitrogen and oxygen atoms in total. The summed E-state index contributed by atoms with van der Waals surface area (Å²) in [6.07, 6.45) is -0.347. The lowest BCUT2D eigenvalue weighted by atomic mass is 10.1. The second-order valence-corrected chi connectivity index (χ2v) is 6.77. The van der Waals surface area contributed by atoms with Crippen molar-refractivity contribution in [2.45, 2.75) is 69.9 Å². The van der Waals surface area contributed by atoms with E-state index in [1.54, 1.807) is 6.92 Å². The van der Waals surface area contributed by atoms with Crippen LogP contribution in [0.1, 0.15) is 39.5 Å². The molecule has 0 spiro atoms. The lowest BCUT2D eigenvalue weighted by molar-refractivity contribution is -0.142. The molecule has 2 unspecified atom stereocenters. The number of hydrogen-bond acceptors (Lipinski definition) is 7. The van der Waals surface area contributed by atoms with Gasteiger partial charge in [0.15, 0.2) is 12.2 Å². The van der Waals surface area contributed by atoms with Gasteiger partial charge in [0.1, 0.15) is 12.1 Å². The summed E-state index contributed by atoms with van der Waals surface area (Å²) in [7, 11) is 0. The zero-order valence-corrected chi connectivity index (χ0v) is 16.5. The van der Waals surface area contributed by atoms with Crippen LogP contribution in [-0.2, 0) is 28.7 Å². The van der Waals surface area contributed by atoms with E-state index < -0.39 is 59.9 Å². The molecular weight excluding hydrogens is 386 g/mol. The first-order valence-electron chi connectivity index (χ1n) is 9.43. The molecule has 0 aromatic heterocycles. The zero-order valence-electron chi connectivity index (χ0n) is 16.5. The van der Waals surface area contributed by atoms with Crippen LogP contribution >= 0.6 is 0 Å². The van der Waals surface area contributed by atoms with Crippen molar-refractivity contribution in [1.29, 1.82) is 0 Å². The van der Waals surface area contributed by atoms with Gasteiger partial charge in [-0.1, -0.05) is 26.7 Å². The van der Waals surface area contributed by atoms with Gasteiger partial charge in [0.25, 0.3) is 5.91 Å². The Morgan fingerprint density at radius 2 is 1.55 bits per heavy atom. The fourth-order valence-corrected chi connectivity index (χ4v) is 2.58. The van der Waals surface area contributed by atoms with E-state index in [1.165, 1.54) is 0 Å². The fraction of sp³-hybridized carbons (Fsp3) is 0.706. The molecule has 0 bridgehead atoms. The van der Waals surface area contributed by atoms with E-state index in [0.29, 0.717) is 19.3 Å². The third-order valence-electron chi connectivity index (χ3n) is 4.27. The second-order valence-electron chi connectivity index (χ2n) is 6.77. The molecule has 1 heterocycles. The smallest absolute Gasteiger partial charge is 0.326 e. The van der Waals surface area contributed by atoms with Crippen LogP contribution in [0.25, 0.3) is 0 Å². The van der Waals surface area contributed by atoms with Gasteiger partial charge >= 0.3 is 5.97 Å². The molecule has 0 aromatic rings. The van der Waals surface area contributed by atoms with Gasteiger partial charge in [-0.25, -0.2) is 4.79 Å². The zero-order chi connectivity index (χ0) is 22.1. The summed E-state index contributed by atoms with van der Waals surface area (Å²) < 4.78 is 4.84. The number of carboxylic acid groups (broad SMARTS) is 1. The lowest BCUT2D eigenvalue weighted by Crippen LogP contribution is -2.58. The van der Waals surface area contributed by atoms with Crippen LogP contribution < -0.4 is 27.4 Å². The molecule has 1 fully saturated rings. The summed E-state index contributed by atoms with van der Waals surface area (Å²) in [6, 6.07) is -3.26. The summed E-state index contributed by atoms with van der Waals surface area (Å²) >= 11 is 0. The molecule has 164 valence electrons. The Hall–Kier alpha value is -2.73. The van der Waals surface area contributed by atoms with Gasteiger partial charge < -0.3 is 37.3 Å². The van der Waals surface area contributed by atoms with E-state index in [4.69, 9.17) is 16.2 Å². The molecule has 8 N–H and O–H groups in total. The van der Waals surface area contributed by atoms with Gasteiger partial charge in [0, 0.05) is 6.54 Å². The van der Waals surface area contributed by atoms with Gasteiger partial charge in [0.2, 0.25) is 17.7 Å². The minimum Gasteiger partial charge on any atom is -0.480 e. The van der Waals surface area contributed by atoms with Gasteiger partial charge in [-0.2, -0.15) is 0 Å². The molecule has 5 atom stereocenters. The highest BCUT2D eigenvalue weighted by atomic mass is 16.6. The van der Waals surface area contributed by atoms with Crippen LogP contribution in [0.5, 0.6) is 0 Å². The summed E-state index contributed by atoms with van der Waals surface area (Å²) in [4.78, 5) is 59.0. The highest BCUT2D eigenvalue weighted by Crippen LogP contribution is 2.21. The molecule has 0 radical (unpaired) electrons. The number of carbonyl (C=O) groups excluding carboxylic acids is 4. The van der Waals surface area contributed by atoms with Crippen molar-refractivity contribution in [3.63, 3.8) is 0 Å². The van der Waals surface area contributed by atoms with Crippen LogP contribution in [0.4, 0.5) is 0 Å². The van der Waals surface area contributed by atoms with E-state index in [2.05, 4.69) is 16.0 Å². The topological polar surface area (TPSA) is 206 Å². The monoisotopic (exact) mass is 415 g/mol.